The van der Waals surface area contributed by atoms with E-state index in [9.17, 15) is 9.59 Å². The van der Waals surface area contributed by atoms with Gasteiger partial charge in [-0.2, -0.15) is 5.10 Å². The molecule has 3 heterocycles. The van der Waals surface area contributed by atoms with Gasteiger partial charge in [0.15, 0.2) is 0 Å². The van der Waals surface area contributed by atoms with E-state index in [1.54, 1.807) is 9.36 Å². The van der Waals surface area contributed by atoms with Crippen LogP contribution in [0.25, 0.3) is 0 Å². The second-order valence-corrected chi connectivity index (χ2v) is 6.18. The first-order chi connectivity index (χ1) is 10.3. The Morgan fingerprint density at radius 1 is 1.23 bits per heavy atom. The predicted octanol–water partition coefficient (Wildman–Crippen LogP) is 1.58. The molecule has 7 heteroatoms. The van der Waals surface area contributed by atoms with Gasteiger partial charge in [0.25, 0.3) is 5.56 Å². The van der Waals surface area contributed by atoms with E-state index >= 15 is 0 Å². The standard InChI is InChI=1S/C15H21N5O2/c1-7(2)20-14-13(15(22)18-20)10(6-11(21)16-14)12-8(3)17-19(5)9(12)4/h7,10H,6H2,1-5H3,(H,16,21)(H,18,22). The number of aryl methyl sites for hydroxylation is 2. The van der Waals surface area contributed by atoms with Gasteiger partial charge in [0, 0.05) is 36.7 Å². The summed E-state index contributed by atoms with van der Waals surface area (Å²) in [6, 6.07) is 0.0617. The maximum Gasteiger partial charge on any atom is 0.270 e. The first kappa shape index (κ1) is 14.6. The molecule has 1 aliphatic rings. The molecule has 1 aliphatic heterocycles. The van der Waals surface area contributed by atoms with E-state index in [-0.39, 0.29) is 29.8 Å². The summed E-state index contributed by atoms with van der Waals surface area (Å²) in [5, 5.41) is 10.1. The average molecular weight is 303 g/mol. The quantitative estimate of drug-likeness (QED) is 0.883. The number of fused-ring (bicyclic) bond motifs is 1. The minimum absolute atomic E-state index is 0.0617. The average Bonchev–Trinajstić information content (AvgIpc) is 2.87. The molecule has 0 aliphatic carbocycles. The molecule has 0 aromatic carbocycles. The molecule has 0 fully saturated rings. The Labute approximate surface area is 128 Å². The zero-order valence-electron chi connectivity index (χ0n) is 13.5. The van der Waals surface area contributed by atoms with Crippen LogP contribution in [0.4, 0.5) is 5.82 Å². The summed E-state index contributed by atoms with van der Waals surface area (Å²) in [6.45, 7) is 7.82. The Kier molecular flexibility index (Phi) is 3.23. The molecule has 2 aromatic heterocycles. The highest BCUT2D eigenvalue weighted by Gasteiger charge is 2.35. The van der Waals surface area contributed by atoms with Crippen molar-refractivity contribution in [3.8, 4) is 0 Å². The molecule has 0 bridgehead atoms. The molecule has 0 spiro atoms. The summed E-state index contributed by atoms with van der Waals surface area (Å²) < 4.78 is 3.52. The molecule has 22 heavy (non-hydrogen) atoms. The predicted molar refractivity (Wildman–Crippen MR) is 83.2 cm³/mol. The first-order valence-corrected chi connectivity index (χ1v) is 7.45. The summed E-state index contributed by atoms with van der Waals surface area (Å²) in [6.07, 6.45) is 0.269. The van der Waals surface area contributed by atoms with Crippen LogP contribution in [0.2, 0.25) is 0 Å². The van der Waals surface area contributed by atoms with Crippen molar-refractivity contribution in [2.75, 3.05) is 5.32 Å². The molecule has 0 saturated heterocycles. The highest BCUT2D eigenvalue weighted by Crippen LogP contribution is 2.38. The highest BCUT2D eigenvalue weighted by atomic mass is 16.2. The lowest BCUT2D eigenvalue weighted by Gasteiger charge is -2.24. The number of amides is 1. The number of carbonyl (C=O) groups excluding carboxylic acids is 1. The van der Waals surface area contributed by atoms with Gasteiger partial charge in [0.1, 0.15) is 5.82 Å². The van der Waals surface area contributed by atoms with Gasteiger partial charge < -0.3 is 5.32 Å². The van der Waals surface area contributed by atoms with Gasteiger partial charge >= 0.3 is 0 Å². The fraction of sp³-hybridized carbons (Fsp3) is 0.533. The number of rotatable bonds is 2. The lowest BCUT2D eigenvalue weighted by atomic mass is 9.86. The van der Waals surface area contributed by atoms with Crippen LogP contribution in [0, 0.1) is 13.8 Å². The Hall–Kier alpha value is -2.31. The summed E-state index contributed by atoms with van der Waals surface area (Å²) in [7, 11) is 1.87. The number of hydrogen-bond donors (Lipinski definition) is 2. The van der Waals surface area contributed by atoms with Crippen LogP contribution >= 0.6 is 0 Å². The molecule has 1 amide bonds. The second-order valence-electron chi connectivity index (χ2n) is 6.18. The third-order valence-electron chi connectivity index (χ3n) is 4.39. The highest BCUT2D eigenvalue weighted by molar-refractivity contribution is 5.94. The van der Waals surface area contributed by atoms with E-state index in [2.05, 4.69) is 15.5 Å². The van der Waals surface area contributed by atoms with E-state index in [0.717, 1.165) is 17.0 Å². The van der Waals surface area contributed by atoms with Crippen LogP contribution in [0.5, 0.6) is 0 Å². The van der Waals surface area contributed by atoms with E-state index in [0.29, 0.717) is 11.4 Å². The fourth-order valence-electron chi connectivity index (χ4n) is 3.31. The number of aromatic amines is 1. The third-order valence-corrected chi connectivity index (χ3v) is 4.39. The summed E-state index contributed by atoms with van der Waals surface area (Å²) >= 11 is 0. The molecule has 0 saturated carbocycles. The maximum atomic E-state index is 12.5. The van der Waals surface area contributed by atoms with Crippen LogP contribution in [-0.4, -0.2) is 25.5 Å². The van der Waals surface area contributed by atoms with Gasteiger partial charge in [0.2, 0.25) is 5.91 Å². The second kappa shape index (κ2) is 4.86. The number of carbonyl (C=O) groups is 1. The van der Waals surface area contributed by atoms with Gasteiger partial charge in [-0.1, -0.05) is 0 Å². The van der Waals surface area contributed by atoms with E-state index in [4.69, 9.17) is 0 Å². The number of anilines is 1. The lowest BCUT2D eigenvalue weighted by Crippen LogP contribution is -2.27. The summed E-state index contributed by atoms with van der Waals surface area (Å²) in [5.41, 5.74) is 3.32. The van der Waals surface area contributed by atoms with Crippen molar-refractivity contribution < 1.29 is 4.79 Å². The van der Waals surface area contributed by atoms with Gasteiger partial charge in [0.05, 0.1) is 11.3 Å². The molecule has 1 atom stereocenters. The Bertz CT molecular complexity index is 809. The van der Waals surface area contributed by atoms with Gasteiger partial charge in [-0.05, 0) is 27.7 Å². The van der Waals surface area contributed by atoms with Gasteiger partial charge in [-0.15, -0.1) is 0 Å². The van der Waals surface area contributed by atoms with Crippen LogP contribution < -0.4 is 10.9 Å². The van der Waals surface area contributed by atoms with Gasteiger partial charge in [-0.3, -0.25) is 24.1 Å². The summed E-state index contributed by atoms with van der Waals surface area (Å²) in [4.78, 5) is 24.6. The van der Waals surface area contributed by atoms with Crippen LogP contribution in [0.15, 0.2) is 4.79 Å². The molecular formula is C15H21N5O2. The Balaban J connectivity index is 2.25. The van der Waals surface area contributed by atoms with Crippen LogP contribution in [0.3, 0.4) is 0 Å². The van der Waals surface area contributed by atoms with Crippen LogP contribution in [0.1, 0.15) is 54.7 Å². The molecule has 2 aromatic rings. The largest absolute Gasteiger partial charge is 0.311 e. The Morgan fingerprint density at radius 2 is 1.91 bits per heavy atom. The zero-order valence-corrected chi connectivity index (χ0v) is 13.5. The number of nitrogens with one attached hydrogen (secondary N) is 2. The van der Waals surface area contributed by atoms with Crippen molar-refractivity contribution in [1.82, 2.24) is 19.6 Å². The van der Waals surface area contributed by atoms with Crippen molar-refractivity contribution in [1.29, 1.82) is 0 Å². The van der Waals surface area contributed by atoms with Gasteiger partial charge in [-0.25, -0.2) is 0 Å². The SMILES string of the molecule is Cc1nn(C)c(C)c1C1CC(=O)Nc2c1c(=O)[nH]n2C(C)C. The molecular weight excluding hydrogens is 282 g/mol. The normalized spacial score (nSPS) is 17.7. The fourth-order valence-corrected chi connectivity index (χ4v) is 3.31. The topological polar surface area (TPSA) is 84.7 Å². The molecule has 7 nitrogen and oxygen atoms in total. The van der Waals surface area contributed by atoms with E-state index in [1.165, 1.54) is 0 Å². The van der Waals surface area contributed by atoms with Crippen molar-refractivity contribution >= 4 is 11.7 Å². The molecule has 118 valence electrons. The van der Waals surface area contributed by atoms with Crippen molar-refractivity contribution in [3.63, 3.8) is 0 Å². The molecule has 0 radical (unpaired) electrons. The summed E-state index contributed by atoms with van der Waals surface area (Å²) in [5.74, 6) is 0.263. The molecule has 3 rings (SSSR count). The lowest BCUT2D eigenvalue weighted by molar-refractivity contribution is -0.116. The maximum absolute atomic E-state index is 12.5. The van der Waals surface area contributed by atoms with E-state index < -0.39 is 0 Å². The first-order valence-electron chi connectivity index (χ1n) is 7.45. The number of hydrogen-bond acceptors (Lipinski definition) is 3. The Morgan fingerprint density at radius 3 is 2.45 bits per heavy atom. The minimum atomic E-state index is -0.249. The molecule has 1 unspecified atom stereocenters. The van der Waals surface area contributed by atoms with Crippen molar-refractivity contribution in [2.24, 2.45) is 7.05 Å². The van der Waals surface area contributed by atoms with Crippen molar-refractivity contribution in [3.05, 3.63) is 32.9 Å². The molecule has 2 N–H and O–H groups in total. The number of aromatic nitrogens is 4. The minimum Gasteiger partial charge on any atom is -0.311 e. The smallest absolute Gasteiger partial charge is 0.270 e. The number of H-pyrrole nitrogens is 1. The third kappa shape index (κ3) is 2.00. The van der Waals surface area contributed by atoms with E-state index in [1.807, 2.05) is 34.7 Å². The zero-order chi connectivity index (χ0) is 16.2. The number of nitrogens with zero attached hydrogens (tertiary/aromatic N) is 3. The van der Waals surface area contributed by atoms with Crippen molar-refractivity contribution in [2.45, 2.75) is 46.1 Å². The van der Waals surface area contributed by atoms with Crippen LogP contribution in [-0.2, 0) is 11.8 Å². The monoisotopic (exact) mass is 303 g/mol.